The van der Waals surface area contributed by atoms with Crippen molar-refractivity contribution in [3.63, 3.8) is 0 Å². The quantitative estimate of drug-likeness (QED) is 0.350. The van der Waals surface area contributed by atoms with Gasteiger partial charge in [0, 0.05) is 23.2 Å². The smallest absolute Gasteiger partial charge is 0.188 e. The van der Waals surface area contributed by atoms with Crippen LogP contribution in [0.3, 0.4) is 0 Å². The molecule has 0 bridgehead atoms. The first-order valence-electron chi connectivity index (χ1n) is 7.85. The van der Waals surface area contributed by atoms with Gasteiger partial charge in [-0.25, -0.2) is 4.39 Å². The number of nitrogens with zero attached hydrogens (tertiary/aromatic N) is 2. The van der Waals surface area contributed by atoms with Crippen molar-refractivity contribution in [2.75, 3.05) is 31.9 Å². The van der Waals surface area contributed by atoms with E-state index in [-0.39, 0.29) is 5.82 Å². The summed E-state index contributed by atoms with van der Waals surface area (Å²) >= 11 is 1.67. The summed E-state index contributed by atoms with van der Waals surface area (Å²) in [5.41, 5.74) is 5.90. The summed E-state index contributed by atoms with van der Waals surface area (Å²) in [6.07, 6.45) is 2.47. The maximum atomic E-state index is 12.8. The summed E-state index contributed by atoms with van der Waals surface area (Å²) in [5.74, 6) is 1.18. The number of hydrogen-bond donors (Lipinski definition) is 2. The fourth-order valence-electron chi connectivity index (χ4n) is 2.66. The average molecular weight is 324 g/mol. The van der Waals surface area contributed by atoms with E-state index in [2.05, 4.69) is 22.1 Å². The van der Waals surface area contributed by atoms with Gasteiger partial charge in [0.15, 0.2) is 5.96 Å². The summed E-state index contributed by atoms with van der Waals surface area (Å²) < 4.78 is 12.8. The molecular formula is C16H25FN4S. The Morgan fingerprint density at radius 3 is 2.95 bits per heavy atom. The molecule has 1 unspecified atom stereocenters. The zero-order valence-electron chi connectivity index (χ0n) is 13.1. The van der Waals surface area contributed by atoms with Gasteiger partial charge in [0.2, 0.25) is 0 Å². The largest absolute Gasteiger partial charge is 0.370 e. The van der Waals surface area contributed by atoms with Crippen molar-refractivity contribution in [2.24, 2.45) is 10.7 Å². The van der Waals surface area contributed by atoms with E-state index in [1.54, 1.807) is 23.9 Å². The van der Waals surface area contributed by atoms with E-state index >= 15 is 0 Å². The Labute approximate surface area is 136 Å². The van der Waals surface area contributed by atoms with Gasteiger partial charge in [0.1, 0.15) is 5.82 Å². The molecule has 1 atom stereocenters. The maximum absolute atomic E-state index is 12.8. The van der Waals surface area contributed by atoms with Crippen LogP contribution in [0.25, 0.3) is 0 Å². The molecule has 0 aromatic heterocycles. The second-order valence-corrected chi connectivity index (χ2v) is 6.55. The van der Waals surface area contributed by atoms with Crippen LogP contribution in [0.4, 0.5) is 4.39 Å². The topological polar surface area (TPSA) is 53.6 Å². The predicted molar refractivity (Wildman–Crippen MR) is 91.9 cm³/mol. The monoisotopic (exact) mass is 324 g/mol. The van der Waals surface area contributed by atoms with Crippen LogP contribution < -0.4 is 11.1 Å². The molecule has 2 rings (SSSR count). The minimum Gasteiger partial charge on any atom is -0.370 e. The van der Waals surface area contributed by atoms with E-state index in [4.69, 9.17) is 5.73 Å². The van der Waals surface area contributed by atoms with E-state index in [0.29, 0.717) is 12.0 Å². The Hall–Kier alpha value is -1.27. The average Bonchev–Trinajstić information content (AvgIpc) is 2.99. The number of likely N-dealkylation sites (N-methyl/N-ethyl adjacent to an activating group) is 1. The molecule has 0 amide bonds. The third-order valence-electron chi connectivity index (χ3n) is 3.87. The number of rotatable bonds is 7. The van der Waals surface area contributed by atoms with Crippen LogP contribution in [0, 0.1) is 5.82 Å². The van der Waals surface area contributed by atoms with Gasteiger partial charge in [0.05, 0.1) is 6.54 Å². The molecule has 1 fully saturated rings. The summed E-state index contributed by atoms with van der Waals surface area (Å²) in [6.45, 7) is 5.98. The Bertz CT molecular complexity index is 478. The third-order valence-corrected chi connectivity index (χ3v) is 4.88. The lowest BCUT2D eigenvalue weighted by Crippen LogP contribution is -2.36. The van der Waals surface area contributed by atoms with Crippen LogP contribution in [0.2, 0.25) is 0 Å². The molecule has 22 heavy (non-hydrogen) atoms. The van der Waals surface area contributed by atoms with Crippen LogP contribution in [0.15, 0.2) is 34.2 Å². The Morgan fingerprint density at radius 1 is 1.45 bits per heavy atom. The minimum absolute atomic E-state index is 0.202. The first kappa shape index (κ1) is 17.1. The Balaban J connectivity index is 1.63. The number of benzene rings is 1. The first-order valence-corrected chi connectivity index (χ1v) is 8.84. The molecule has 1 aromatic rings. The minimum atomic E-state index is -0.202. The van der Waals surface area contributed by atoms with Crippen LogP contribution in [-0.4, -0.2) is 48.8 Å². The summed E-state index contributed by atoms with van der Waals surface area (Å²) in [7, 11) is 0. The normalized spacial score (nSPS) is 19.5. The lowest BCUT2D eigenvalue weighted by atomic mass is 10.2. The highest BCUT2D eigenvalue weighted by molar-refractivity contribution is 7.99. The summed E-state index contributed by atoms with van der Waals surface area (Å²) in [5, 5.41) is 3.14. The second kappa shape index (κ2) is 9.00. The van der Waals surface area contributed by atoms with Crippen molar-refractivity contribution in [2.45, 2.75) is 30.7 Å². The van der Waals surface area contributed by atoms with E-state index in [0.717, 1.165) is 30.3 Å². The zero-order chi connectivity index (χ0) is 15.8. The Morgan fingerprint density at radius 2 is 2.23 bits per heavy atom. The number of likely N-dealkylation sites (tertiary alicyclic amines) is 1. The van der Waals surface area contributed by atoms with Crippen LogP contribution in [0.1, 0.15) is 19.8 Å². The molecule has 6 heteroatoms. The van der Waals surface area contributed by atoms with Crippen LogP contribution >= 0.6 is 11.8 Å². The van der Waals surface area contributed by atoms with Gasteiger partial charge >= 0.3 is 0 Å². The van der Waals surface area contributed by atoms with Crippen molar-refractivity contribution < 1.29 is 4.39 Å². The molecular weight excluding hydrogens is 299 g/mol. The first-order chi connectivity index (χ1) is 10.7. The molecule has 0 saturated carbocycles. The predicted octanol–water partition coefficient (Wildman–Crippen LogP) is 2.31. The highest BCUT2D eigenvalue weighted by atomic mass is 32.2. The standard InChI is InChI=1S/C16H25FN4S/c1-2-21-10-3-4-14(21)12-20-16(18)19-9-11-22-15-7-5-13(17)6-8-15/h5-8,14H,2-4,9-12H2,1H3,(H3,18,19,20). The second-order valence-electron chi connectivity index (χ2n) is 5.38. The fourth-order valence-corrected chi connectivity index (χ4v) is 3.43. The number of nitrogens with one attached hydrogen (secondary N) is 1. The number of halogens is 1. The number of nitrogens with two attached hydrogens (primary N) is 1. The van der Waals surface area contributed by atoms with Gasteiger partial charge in [-0.1, -0.05) is 6.92 Å². The van der Waals surface area contributed by atoms with Gasteiger partial charge in [0.25, 0.3) is 0 Å². The molecule has 1 aromatic carbocycles. The van der Waals surface area contributed by atoms with Crippen molar-refractivity contribution in [3.8, 4) is 0 Å². The van der Waals surface area contributed by atoms with Gasteiger partial charge in [-0.3, -0.25) is 9.89 Å². The maximum Gasteiger partial charge on any atom is 0.188 e. The summed E-state index contributed by atoms with van der Waals surface area (Å²) in [6, 6.07) is 7.08. The zero-order valence-corrected chi connectivity index (χ0v) is 13.9. The fraction of sp³-hybridized carbons (Fsp3) is 0.562. The highest BCUT2D eigenvalue weighted by Gasteiger charge is 2.22. The number of guanidine groups is 1. The summed E-state index contributed by atoms with van der Waals surface area (Å²) in [4.78, 5) is 7.96. The molecule has 1 heterocycles. The molecule has 4 nitrogen and oxygen atoms in total. The van der Waals surface area contributed by atoms with Crippen molar-refractivity contribution in [1.29, 1.82) is 0 Å². The molecule has 1 saturated heterocycles. The lowest BCUT2D eigenvalue weighted by molar-refractivity contribution is 0.273. The lowest BCUT2D eigenvalue weighted by Gasteiger charge is -2.20. The van der Waals surface area contributed by atoms with Gasteiger partial charge < -0.3 is 11.1 Å². The molecule has 3 N–H and O–H groups in total. The van der Waals surface area contributed by atoms with E-state index in [1.165, 1.54) is 31.5 Å². The van der Waals surface area contributed by atoms with E-state index in [9.17, 15) is 4.39 Å². The SMILES string of the molecule is CCN1CCCC1CN=C(N)NCCSc1ccc(F)cc1. The highest BCUT2D eigenvalue weighted by Crippen LogP contribution is 2.17. The van der Waals surface area contributed by atoms with Gasteiger partial charge in [-0.15, -0.1) is 11.8 Å². The van der Waals surface area contributed by atoms with E-state index < -0.39 is 0 Å². The molecule has 0 aliphatic carbocycles. The van der Waals surface area contributed by atoms with Gasteiger partial charge in [-0.05, 0) is 50.2 Å². The van der Waals surface area contributed by atoms with Crippen molar-refractivity contribution >= 4 is 17.7 Å². The van der Waals surface area contributed by atoms with Crippen LogP contribution in [0.5, 0.6) is 0 Å². The number of aliphatic imine (C=N–C) groups is 1. The molecule has 122 valence electrons. The van der Waals surface area contributed by atoms with Crippen molar-refractivity contribution in [3.05, 3.63) is 30.1 Å². The van der Waals surface area contributed by atoms with Gasteiger partial charge in [-0.2, -0.15) is 0 Å². The van der Waals surface area contributed by atoms with E-state index in [1.807, 2.05) is 0 Å². The molecule has 1 aliphatic rings. The molecule has 0 spiro atoms. The Kier molecular flexibility index (Phi) is 6.99. The van der Waals surface area contributed by atoms with Crippen LogP contribution in [-0.2, 0) is 0 Å². The molecule has 1 aliphatic heterocycles. The van der Waals surface area contributed by atoms with Crippen molar-refractivity contribution in [1.82, 2.24) is 10.2 Å². The number of thioether (sulfide) groups is 1. The number of hydrogen-bond acceptors (Lipinski definition) is 3. The molecule has 0 radical (unpaired) electrons. The third kappa shape index (κ3) is 5.50.